The summed E-state index contributed by atoms with van der Waals surface area (Å²) in [5.74, 6) is -0.756. The van der Waals surface area contributed by atoms with Crippen molar-refractivity contribution in [1.82, 2.24) is 15.1 Å². The number of hydrogen-bond acceptors (Lipinski definition) is 5. The third kappa shape index (κ3) is 4.95. The van der Waals surface area contributed by atoms with Gasteiger partial charge >= 0.3 is 5.97 Å². The predicted molar refractivity (Wildman–Crippen MR) is 99.7 cm³/mol. The maximum atomic E-state index is 12.2. The van der Waals surface area contributed by atoms with Gasteiger partial charge in [-0.3, -0.25) is 9.59 Å². The number of para-hydroxylation sites is 1. The van der Waals surface area contributed by atoms with E-state index in [1.165, 1.54) is 0 Å². The van der Waals surface area contributed by atoms with Gasteiger partial charge in [0, 0.05) is 24.4 Å². The smallest absolute Gasteiger partial charge is 0.310 e. The topological polar surface area (TPSA) is 82.5 Å². The van der Waals surface area contributed by atoms with Crippen molar-refractivity contribution >= 4 is 11.9 Å². The summed E-state index contributed by atoms with van der Waals surface area (Å²) in [6, 6.07) is 9.74. The van der Waals surface area contributed by atoms with E-state index < -0.39 is 5.97 Å². The zero-order valence-electron chi connectivity index (χ0n) is 15.7. The SMILES string of the molecule is Cc1nn(-c2ccccc2)c(C)c1CC(=O)OCC(=O)NC[C@H]1CCCO1. The van der Waals surface area contributed by atoms with Crippen molar-refractivity contribution in [3.63, 3.8) is 0 Å². The highest BCUT2D eigenvalue weighted by Crippen LogP contribution is 2.18. The van der Waals surface area contributed by atoms with Crippen molar-refractivity contribution in [1.29, 1.82) is 0 Å². The molecule has 144 valence electrons. The molecule has 0 unspecified atom stereocenters. The van der Waals surface area contributed by atoms with Gasteiger partial charge in [-0.25, -0.2) is 4.68 Å². The molecule has 1 aliphatic rings. The molecule has 2 aromatic rings. The fourth-order valence-corrected chi connectivity index (χ4v) is 3.18. The van der Waals surface area contributed by atoms with Gasteiger partial charge in [-0.15, -0.1) is 0 Å². The summed E-state index contributed by atoms with van der Waals surface area (Å²) in [7, 11) is 0. The third-order valence-corrected chi connectivity index (χ3v) is 4.68. The lowest BCUT2D eigenvalue weighted by molar-refractivity contribution is -0.148. The molecule has 1 aliphatic heterocycles. The van der Waals surface area contributed by atoms with Crippen LogP contribution in [0.4, 0.5) is 0 Å². The average molecular weight is 371 g/mol. The summed E-state index contributed by atoms with van der Waals surface area (Å²) in [5, 5.41) is 7.25. The highest BCUT2D eigenvalue weighted by molar-refractivity contribution is 5.81. The lowest BCUT2D eigenvalue weighted by Gasteiger charge is -2.11. The highest BCUT2D eigenvalue weighted by Gasteiger charge is 2.19. The monoisotopic (exact) mass is 371 g/mol. The standard InChI is InChI=1S/C20H25N3O4/c1-14-18(15(2)23(22-14)16-7-4-3-5-8-16)11-20(25)27-13-19(24)21-12-17-9-6-10-26-17/h3-5,7-8,17H,6,9-13H2,1-2H3,(H,21,24)/t17-/m1/s1. The van der Waals surface area contributed by atoms with Crippen LogP contribution in [0, 0.1) is 13.8 Å². The van der Waals surface area contributed by atoms with Gasteiger partial charge in [0.2, 0.25) is 0 Å². The molecule has 1 atom stereocenters. The summed E-state index contributed by atoms with van der Waals surface area (Å²) in [5.41, 5.74) is 3.42. The van der Waals surface area contributed by atoms with Crippen LogP contribution in [-0.4, -0.2) is 47.5 Å². The molecule has 3 rings (SSSR count). The van der Waals surface area contributed by atoms with Crippen LogP contribution in [0.15, 0.2) is 30.3 Å². The zero-order valence-corrected chi connectivity index (χ0v) is 15.7. The molecule has 0 saturated carbocycles. The number of amides is 1. The number of carbonyl (C=O) groups is 2. The molecule has 2 heterocycles. The van der Waals surface area contributed by atoms with Crippen molar-refractivity contribution in [3.05, 3.63) is 47.3 Å². The molecule has 27 heavy (non-hydrogen) atoms. The molecular weight excluding hydrogens is 346 g/mol. The summed E-state index contributed by atoms with van der Waals surface area (Å²) in [6.45, 7) is 4.70. The first-order valence-corrected chi connectivity index (χ1v) is 9.19. The number of ether oxygens (including phenoxy) is 2. The Morgan fingerprint density at radius 1 is 1.30 bits per heavy atom. The molecule has 1 fully saturated rings. The Labute approximate surface area is 158 Å². The molecule has 1 amide bonds. The van der Waals surface area contributed by atoms with Crippen LogP contribution in [0.5, 0.6) is 0 Å². The predicted octanol–water partition coefficient (Wildman–Crippen LogP) is 1.87. The molecule has 1 N–H and O–H groups in total. The van der Waals surface area contributed by atoms with Crippen LogP contribution >= 0.6 is 0 Å². The minimum atomic E-state index is -0.443. The van der Waals surface area contributed by atoms with Gasteiger partial charge < -0.3 is 14.8 Å². The van der Waals surface area contributed by atoms with Gasteiger partial charge in [0.25, 0.3) is 5.91 Å². The Morgan fingerprint density at radius 2 is 2.07 bits per heavy atom. The van der Waals surface area contributed by atoms with Crippen LogP contribution in [0.2, 0.25) is 0 Å². The molecule has 0 aliphatic carbocycles. The number of aryl methyl sites for hydroxylation is 1. The van der Waals surface area contributed by atoms with Gasteiger partial charge in [0.05, 0.1) is 23.9 Å². The second kappa shape index (κ2) is 8.81. The molecule has 1 saturated heterocycles. The minimum absolute atomic E-state index is 0.0683. The molecular formula is C20H25N3O4. The maximum absolute atomic E-state index is 12.2. The van der Waals surface area contributed by atoms with Crippen molar-refractivity contribution in [2.75, 3.05) is 19.8 Å². The number of aromatic nitrogens is 2. The Hall–Kier alpha value is -2.67. The number of nitrogens with zero attached hydrogens (tertiary/aromatic N) is 2. The van der Waals surface area contributed by atoms with Crippen LogP contribution in [0.25, 0.3) is 5.69 Å². The first kappa shape index (κ1) is 19.1. The van der Waals surface area contributed by atoms with Crippen LogP contribution in [-0.2, 0) is 25.5 Å². The quantitative estimate of drug-likeness (QED) is 0.752. The van der Waals surface area contributed by atoms with Crippen molar-refractivity contribution in [2.45, 2.75) is 39.2 Å². The molecule has 0 bridgehead atoms. The van der Waals surface area contributed by atoms with Gasteiger partial charge in [-0.2, -0.15) is 5.10 Å². The Kier molecular flexibility index (Phi) is 6.24. The van der Waals surface area contributed by atoms with Gasteiger partial charge in [0.15, 0.2) is 6.61 Å². The number of esters is 1. The zero-order chi connectivity index (χ0) is 19.2. The van der Waals surface area contributed by atoms with E-state index >= 15 is 0 Å². The summed E-state index contributed by atoms with van der Waals surface area (Å²) in [6.07, 6.45) is 2.12. The highest BCUT2D eigenvalue weighted by atomic mass is 16.5. The number of carbonyl (C=O) groups excluding carboxylic acids is 2. The number of hydrogen-bond donors (Lipinski definition) is 1. The maximum Gasteiger partial charge on any atom is 0.310 e. The van der Waals surface area contributed by atoms with Crippen molar-refractivity contribution < 1.29 is 19.1 Å². The lowest BCUT2D eigenvalue weighted by atomic mass is 10.1. The van der Waals surface area contributed by atoms with Crippen LogP contribution in [0.3, 0.4) is 0 Å². The van der Waals surface area contributed by atoms with E-state index in [2.05, 4.69) is 10.4 Å². The molecule has 1 aromatic heterocycles. The summed E-state index contributed by atoms with van der Waals surface area (Å²) < 4.78 is 12.4. The van der Waals surface area contributed by atoms with E-state index in [4.69, 9.17) is 9.47 Å². The normalized spacial score (nSPS) is 16.3. The molecule has 1 aromatic carbocycles. The molecule has 7 heteroatoms. The number of benzene rings is 1. The van der Waals surface area contributed by atoms with Crippen molar-refractivity contribution in [3.8, 4) is 5.69 Å². The third-order valence-electron chi connectivity index (χ3n) is 4.68. The minimum Gasteiger partial charge on any atom is -0.455 e. The van der Waals surface area contributed by atoms with Crippen LogP contribution < -0.4 is 5.32 Å². The van der Waals surface area contributed by atoms with E-state index in [0.29, 0.717) is 6.54 Å². The Bertz CT molecular complexity index is 795. The van der Waals surface area contributed by atoms with E-state index in [1.54, 1.807) is 0 Å². The second-order valence-electron chi connectivity index (χ2n) is 6.67. The largest absolute Gasteiger partial charge is 0.455 e. The fraction of sp³-hybridized carbons (Fsp3) is 0.450. The summed E-state index contributed by atoms with van der Waals surface area (Å²) in [4.78, 5) is 24.0. The van der Waals surface area contributed by atoms with E-state index in [0.717, 1.165) is 42.1 Å². The average Bonchev–Trinajstić information content (AvgIpc) is 3.29. The van der Waals surface area contributed by atoms with E-state index in [-0.39, 0.29) is 25.0 Å². The second-order valence-corrected chi connectivity index (χ2v) is 6.67. The first-order valence-electron chi connectivity index (χ1n) is 9.19. The Balaban J connectivity index is 1.52. The fourth-order valence-electron chi connectivity index (χ4n) is 3.18. The van der Waals surface area contributed by atoms with E-state index in [9.17, 15) is 9.59 Å². The van der Waals surface area contributed by atoms with Gasteiger partial charge in [-0.1, -0.05) is 18.2 Å². The first-order chi connectivity index (χ1) is 13.0. The van der Waals surface area contributed by atoms with Crippen molar-refractivity contribution in [2.24, 2.45) is 0 Å². The van der Waals surface area contributed by atoms with Crippen LogP contribution in [0.1, 0.15) is 29.8 Å². The van der Waals surface area contributed by atoms with E-state index in [1.807, 2.05) is 48.9 Å². The molecule has 7 nitrogen and oxygen atoms in total. The number of nitrogens with one attached hydrogen (secondary N) is 1. The van der Waals surface area contributed by atoms with Gasteiger partial charge in [-0.05, 0) is 38.8 Å². The Morgan fingerprint density at radius 3 is 2.78 bits per heavy atom. The summed E-state index contributed by atoms with van der Waals surface area (Å²) >= 11 is 0. The lowest BCUT2D eigenvalue weighted by Crippen LogP contribution is -2.35. The van der Waals surface area contributed by atoms with Gasteiger partial charge in [0.1, 0.15) is 0 Å². The molecule has 0 radical (unpaired) electrons. The molecule has 0 spiro atoms. The number of rotatable bonds is 7.